The lowest BCUT2D eigenvalue weighted by atomic mass is 10.1. The number of rotatable bonds is 6. The minimum atomic E-state index is -0.235. The molecule has 1 fully saturated rings. The van der Waals surface area contributed by atoms with Crippen molar-refractivity contribution in [1.29, 1.82) is 0 Å². The predicted molar refractivity (Wildman–Crippen MR) is 112 cm³/mol. The average molecular weight is 384 g/mol. The summed E-state index contributed by atoms with van der Waals surface area (Å²) in [5.74, 6) is -0.177. The van der Waals surface area contributed by atoms with Gasteiger partial charge in [-0.15, -0.1) is 0 Å². The number of halogens is 1. The van der Waals surface area contributed by atoms with Crippen LogP contribution in [-0.4, -0.2) is 49.6 Å². The lowest BCUT2D eigenvalue weighted by Gasteiger charge is -2.39. The van der Waals surface area contributed by atoms with E-state index in [1.165, 1.54) is 28.9 Å². The molecule has 0 unspecified atom stereocenters. The summed E-state index contributed by atoms with van der Waals surface area (Å²) in [4.78, 5) is 17.2. The first-order chi connectivity index (χ1) is 13.5. The Hall–Kier alpha value is -2.40. The van der Waals surface area contributed by atoms with Crippen molar-refractivity contribution in [2.45, 2.75) is 33.2 Å². The van der Waals surface area contributed by atoms with Crippen molar-refractivity contribution in [3.63, 3.8) is 0 Å². The lowest BCUT2D eigenvalue weighted by molar-refractivity contribution is -0.125. The molecule has 1 aliphatic rings. The molecule has 1 amide bonds. The summed E-state index contributed by atoms with van der Waals surface area (Å²) in [5, 5.41) is 3.01. The zero-order chi connectivity index (χ0) is 20.1. The van der Waals surface area contributed by atoms with Crippen molar-refractivity contribution >= 4 is 11.6 Å². The molecule has 28 heavy (non-hydrogen) atoms. The number of aryl methyl sites for hydroxylation is 1. The monoisotopic (exact) mass is 383 g/mol. The van der Waals surface area contributed by atoms with Gasteiger partial charge in [-0.2, -0.15) is 0 Å². The first kappa shape index (κ1) is 20.3. The van der Waals surface area contributed by atoms with E-state index in [2.05, 4.69) is 47.2 Å². The van der Waals surface area contributed by atoms with Crippen LogP contribution in [-0.2, 0) is 11.2 Å². The molecular formula is C23H30FN3O. The van der Waals surface area contributed by atoms with Gasteiger partial charge in [-0.05, 0) is 62.1 Å². The Morgan fingerprint density at radius 3 is 2.43 bits per heavy atom. The van der Waals surface area contributed by atoms with Crippen molar-refractivity contribution in [1.82, 2.24) is 10.2 Å². The summed E-state index contributed by atoms with van der Waals surface area (Å²) in [6, 6.07) is 12.7. The zero-order valence-corrected chi connectivity index (χ0v) is 17.0. The number of carbonyl (C=O) groups excluding carboxylic acids is 1. The van der Waals surface area contributed by atoms with Gasteiger partial charge in [0.15, 0.2) is 0 Å². The van der Waals surface area contributed by atoms with Gasteiger partial charge < -0.3 is 10.2 Å². The number of nitrogens with one attached hydrogen (secondary N) is 1. The van der Waals surface area contributed by atoms with Crippen LogP contribution in [0.3, 0.4) is 0 Å². The van der Waals surface area contributed by atoms with Crippen molar-refractivity contribution in [3.8, 4) is 0 Å². The SMILES string of the molecule is Cc1cccc(N2CCN([C@H](C)C(=O)NCCc3ccc(F)cc3)CC2)c1C. The van der Waals surface area contributed by atoms with E-state index in [1.54, 1.807) is 12.1 Å². The molecule has 0 saturated carbocycles. The van der Waals surface area contributed by atoms with E-state index in [9.17, 15) is 9.18 Å². The van der Waals surface area contributed by atoms with E-state index >= 15 is 0 Å². The fourth-order valence-corrected chi connectivity index (χ4v) is 3.72. The molecule has 5 heteroatoms. The maximum absolute atomic E-state index is 12.9. The van der Waals surface area contributed by atoms with Crippen molar-refractivity contribution in [2.24, 2.45) is 0 Å². The van der Waals surface area contributed by atoms with Gasteiger partial charge in [0.25, 0.3) is 0 Å². The first-order valence-corrected chi connectivity index (χ1v) is 10.0. The number of benzene rings is 2. The normalized spacial score (nSPS) is 16.1. The second-order valence-corrected chi connectivity index (χ2v) is 7.59. The van der Waals surface area contributed by atoms with Crippen LogP contribution >= 0.6 is 0 Å². The maximum Gasteiger partial charge on any atom is 0.237 e. The number of hydrogen-bond donors (Lipinski definition) is 1. The molecule has 1 aliphatic heterocycles. The predicted octanol–water partition coefficient (Wildman–Crippen LogP) is 3.31. The highest BCUT2D eigenvalue weighted by molar-refractivity contribution is 5.81. The maximum atomic E-state index is 12.9. The van der Waals surface area contributed by atoms with E-state index in [1.807, 2.05) is 6.92 Å². The van der Waals surface area contributed by atoms with Crippen LogP contribution in [0.25, 0.3) is 0 Å². The molecule has 0 spiro atoms. The van der Waals surface area contributed by atoms with Crippen molar-refractivity contribution in [2.75, 3.05) is 37.6 Å². The number of anilines is 1. The molecular weight excluding hydrogens is 353 g/mol. The highest BCUT2D eigenvalue weighted by Gasteiger charge is 2.26. The van der Waals surface area contributed by atoms with E-state index in [4.69, 9.17) is 0 Å². The number of amides is 1. The third-order valence-corrected chi connectivity index (χ3v) is 5.78. The van der Waals surface area contributed by atoms with E-state index in [-0.39, 0.29) is 17.8 Å². The molecule has 2 aromatic carbocycles. The van der Waals surface area contributed by atoms with Crippen LogP contribution in [0.15, 0.2) is 42.5 Å². The van der Waals surface area contributed by atoms with E-state index in [0.717, 1.165) is 31.7 Å². The van der Waals surface area contributed by atoms with Crippen LogP contribution in [0.5, 0.6) is 0 Å². The number of hydrogen-bond acceptors (Lipinski definition) is 3. The zero-order valence-electron chi connectivity index (χ0n) is 17.0. The Balaban J connectivity index is 1.46. The second kappa shape index (κ2) is 9.20. The highest BCUT2D eigenvalue weighted by atomic mass is 19.1. The first-order valence-electron chi connectivity index (χ1n) is 10.0. The summed E-state index contributed by atoms with van der Waals surface area (Å²) >= 11 is 0. The molecule has 0 aliphatic carbocycles. The summed E-state index contributed by atoms with van der Waals surface area (Å²) in [7, 11) is 0. The smallest absolute Gasteiger partial charge is 0.237 e. The Kier molecular flexibility index (Phi) is 6.68. The van der Waals surface area contributed by atoms with E-state index < -0.39 is 0 Å². The van der Waals surface area contributed by atoms with Gasteiger partial charge in [0.05, 0.1) is 6.04 Å². The third kappa shape index (κ3) is 4.90. The van der Waals surface area contributed by atoms with Crippen LogP contribution in [0, 0.1) is 19.7 Å². The Morgan fingerprint density at radius 1 is 1.07 bits per heavy atom. The molecule has 3 rings (SSSR count). The second-order valence-electron chi connectivity index (χ2n) is 7.59. The lowest BCUT2D eigenvalue weighted by Crippen LogP contribution is -2.54. The third-order valence-electron chi connectivity index (χ3n) is 5.78. The summed E-state index contributed by atoms with van der Waals surface area (Å²) < 4.78 is 12.9. The molecule has 150 valence electrons. The Labute approximate surface area is 167 Å². The molecule has 1 atom stereocenters. The van der Waals surface area contributed by atoms with Gasteiger partial charge in [-0.25, -0.2) is 4.39 Å². The average Bonchev–Trinajstić information content (AvgIpc) is 2.71. The molecule has 0 radical (unpaired) electrons. The molecule has 1 N–H and O–H groups in total. The van der Waals surface area contributed by atoms with Gasteiger partial charge in [0.2, 0.25) is 5.91 Å². The van der Waals surface area contributed by atoms with Gasteiger partial charge in [0, 0.05) is 38.4 Å². The van der Waals surface area contributed by atoms with Gasteiger partial charge in [0.1, 0.15) is 5.82 Å². The van der Waals surface area contributed by atoms with Gasteiger partial charge in [-0.1, -0.05) is 24.3 Å². The minimum absolute atomic E-state index is 0.0577. The number of nitrogens with zero attached hydrogens (tertiary/aromatic N) is 2. The van der Waals surface area contributed by atoms with Gasteiger partial charge >= 0.3 is 0 Å². The molecule has 0 bridgehead atoms. The van der Waals surface area contributed by atoms with Crippen LogP contribution in [0.2, 0.25) is 0 Å². The van der Waals surface area contributed by atoms with Crippen LogP contribution in [0.1, 0.15) is 23.6 Å². The van der Waals surface area contributed by atoms with Crippen molar-refractivity contribution < 1.29 is 9.18 Å². The molecule has 1 heterocycles. The quantitative estimate of drug-likeness (QED) is 0.831. The molecule has 1 saturated heterocycles. The molecule has 4 nitrogen and oxygen atoms in total. The Morgan fingerprint density at radius 2 is 1.75 bits per heavy atom. The fraction of sp³-hybridized carbons (Fsp3) is 0.435. The topological polar surface area (TPSA) is 35.6 Å². The van der Waals surface area contributed by atoms with Crippen molar-refractivity contribution in [3.05, 3.63) is 65.0 Å². The fourth-order valence-electron chi connectivity index (χ4n) is 3.72. The summed E-state index contributed by atoms with van der Waals surface area (Å²) in [6.07, 6.45) is 0.707. The van der Waals surface area contributed by atoms with Crippen LogP contribution in [0.4, 0.5) is 10.1 Å². The standard InChI is InChI=1S/C23H30FN3O/c1-17-5-4-6-22(18(17)2)27-15-13-26(14-16-27)19(3)23(28)25-12-11-20-7-9-21(24)10-8-20/h4-10,19H,11-16H2,1-3H3,(H,25,28)/t19-/m1/s1. The minimum Gasteiger partial charge on any atom is -0.369 e. The highest BCUT2D eigenvalue weighted by Crippen LogP contribution is 2.24. The molecule has 2 aromatic rings. The van der Waals surface area contributed by atoms with Gasteiger partial charge in [-0.3, -0.25) is 9.69 Å². The Bertz CT molecular complexity index is 798. The largest absolute Gasteiger partial charge is 0.369 e. The summed E-state index contributed by atoms with van der Waals surface area (Å²) in [6.45, 7) is 10.5. The van der Waals surface area contributed by atoms with Crippen LogP contribution < -0.4 is 10.2 Å². The van der Waals surface area contributed by atoms with E-state index in [0.29, 0.717) is 13.0 Å². The number of carbonyl (C=O) groups is 1. The number of piperazine rings is 1. The molecule has 0 aromatic heterocycles. The summed E-state index contributed by atoms with van der Waals surface area (Å²) in [5.41, 5.74) is 4.98.